The molecule has 0 saturated carbocycles. The summed E-state index contributed by atoms with van der Waals surface area (Å²) in [5.41, 5.74) is 5.46. The van der Waals surface area contributed by atoms with Crippen molar-refractivity contribution in [2.75, 3.05) is 18.0 Å². The van der Waals surface area contributed by atoms with Crippen LogP contribution in [-0.4, -0.2) is 33.2 Å². The second-order valence-electron chi connectivity index (χ2n) is 3.88. The fourth-order valence-electron chi connectivity index (χ4n) is 1.70. The minimum absolute atomic E-state index is 0.00407. The van der Waals surface area contributed by atoms with Crippen LogP contribution in [0.3, 0.4) is 0 Å². The molecule has 2 rings (SSSR count). The zero-order valence-corrected chi connectivity index (χ0v) is 9.87. The molecular weight excluding hydrogens is 224 g/mol. The number of hydrogen-bond donors (Lipinski definition) is 2. The molecule has 1 aromatic rings. The number of thioether (sulfide) groups is 1. The molecule has 88 valence electrons. The summed E-state index contributed by atoms with van der Waals surface area (Å²) in [5, 5.41) is 7.47. The van der Waals surface area contributed by atoms with Gasteiger partial charge in [0.15, 0.2) is 0 Å². The predicted octanol–water partition coefficient (Wildman–Crippen LogP) is 0.477. The fraction of sp³-hybridized carbons (Fsp3) is 0.600. The predicted molar refractivity (Wildman–Crippen MR) is 65.1 cm³/mol. The Morgan fingerprint density at radius 1 is 1.75 bits per heavy atom. The molecule has 0 aromatic carbocycles. The van der Waals surface area contributed by atoms with Gasteiger partial charge in [-0.3, -0.25) is 9.48 Å². The molecule has 16 heavy (non-hydrogen) atoms. The number of amides is 1. The molecule has 0 bridgehead atoms. The molecular formula is C10H16N4OS. The minimum atomic E-state index is -0.00407. The third kappa shape index (κ3) is 3.16. The van der Waals surface area contributed by atoms with Crippen molar-refractivity contribution in [3.05, 3.63) is 12.3 Å². The van der Waals surface area contributed by atoms with Crippen molar-refractivity contribution >= 4 is 23.5 Å². The van der Waals surface area contributed by atoms with Gasteiger partial charge in [-0.1, -0.05) is 0 Å². The number of nitrogen functional groups attached to an aromatic ring is 1. The van der Waals surface area contributed by atoms with Crippen LogP contribution in [0.1, 0.15) is 12.8 Å². The topological polar surface area (TPSA) is 72.9 Å². The second-order valence-corrected chi connectivity index (χ2v) is 5.29. The Bertz CT molecular complexity index is 359. The van der Waals surface area contributed by atoms with Crippen molar-refractivity contribution in [1.82, 2.24) is 15.1 Å². The van der Waals surface area contributed by atoms with Crippen LogP contribution in [-0.2, 0) is 11.3 Å². The van der Waals surface area contributed by atoms with Crippen LogP contribution in [0, 0.1) is 0 Å². The molecule has 3 N–H and O–H groups in total. The molecule has 1 atom stereocenters. The highest BCUT2D eigenvalue weighted by Gasteiger charge is 2.16. The quantitative estimate of drug-likeness (QED) is 0.802. The van der Waals surface area contributed by atoms with Crippen molar-refractivity contribution in [2.24, 2.45) is 0 Å². The largest absolute Gasteiger partial charge is 0.382 e. The maximum atomic E-state index is 11.6. The van der Waals surface area contributed by atoms with Gasteiger partial charge in [0.2, 0.25) is 5.91 Å². The number of aromatic nitrogens is 2. The Morgan fingerprint density at radius 2 is 2.62 bits per heavy atom. The van der Waals surface area contributed by atoms with Crippen LogP contribution < -0.4 is 11.1 Å². The number of nitrogens with zero attached hydrogens (tertiary/aromatic N) is 2. The first-order valence-electron chi connectivity index (χ1n) is 5.41. The van der Waals surface area contributed by atoms with Crippen LogP contribution in [0.15, 0.2) is 12.3 Å². The van der Waals surface area contributed by atoms with Crippen molar-refractivity contribution in [2.45, 2.75) is 24.6 Å². The molecule has 1 amide bonds. The van der Waals surface area contributed by atoms with Gasteiger partial charge in [0.25, 0.3) is 0 Å². The van der Waals surface area contributed by atoms with Gasteiger partial charge in [0.1, 0.15) is 12.4 Å². The van der Waals surface area contributed by atoms with E-state index in [1.54, 1.807) is 16.9 Å². The van der Waals surface area contributed by atoms with Gasteiger partial charge >= 0.3 is 0 Å². The molecule has 0 radical (unpaired) electrons. The first-order valence-corrected chi connectivity index (χ1v) is 6.46. The molecule has 1 aliphatic rings. The summed E-state index contributed by atoms with van der Waals surface area (Å²) in [5.74, 6) is 1.66. The van der Waals surface area contributed by atoms with Gasteiger partial charge in [-0.25, -0.2) is 0 Å². The Hall–Kier alpha value is -1.17. The van der Waals surface area contributed by atoms with Crippen LogP contribution in [0.2, 0.25) is 0 Å². The number of carbonyl (C=O) groups excluding carboxylic acids is 1. The lowest BCUT2D eigenvalue weighted by molar-refractivity contribution is -0.121. The highest BCUT2D eigenvalue weighted by Crippen LogP contribution is 2.25. The van der Waals surface area contributed by atoms with E-state index in [0.29, 0.717) is 11.1 Å². The molecule has 5 nitrogen and oxygen atoms in total. The van der Waals surface area contributed by atoms with E-state index in [-0.39, 0.29) is 12.5 Å². The van der Waals surface area contributed by atoms with E-state index in [1.165, 1.54) is 18.6 Å². The summed E-state index contributed by atoms with van der Waals surface area (Å²) in [6.45, 7) is 1.01. The SMILES string of the molecule is Nc1ccn(CC(=O)NCC2CCCS2)n1. The zero-order chi connectivity index (χ0) is 11.4. The lowest BCUT2D eigenvalue weighted by Crippen LogP contribution is -2.32. The molecule has 1 aliphatic heterocycles. The first-order chi connectivity index (χ1) is 7.74. The fourth-order valence-corrected chi connectivity index (χ4v) is 2.90. The lowest BCUT2D eigenvalue weighted by atomic mass is 10.2. The molecule has 1 saturated heterocycles. The smallest absolute Gasteiger partial charge is 0.241 e. The molecule has 0 aliphatic carbocycles. The molecule has 1 unspecified atom stereocenters. The Labute approximate surface area is 98.8 Å². The summed E-state index contributed by atoms with van der Waals surface area (Å²) in [4.78, 5) is 11.6. The van der Waals surface area contributed by atoms with Gasteiger partial charge in [0.05, 0.1) is 0 Å². The average molecular weight is 240 g/mol. The molecule has 2 heterocycles. The summed E-state index contributed by atoms with van der Waals surface area (Å²) in [7, 11) is 0. The second kappa shape index (κ2) is 5.25. The first kappa shape index (κ1) is 11.3. The van der Waals surface area contributed by atoms with E-state index < -0.39 is 0 Å². The maximum absolute atomic E-state index is 11.6. The highest BCUT2D eigenvalue weighted by atomic mass is 32.2. The summed E-state index contributed by atoms with van der Waals surface area (Å²) >= 11 is 1.94. The number of hydrogen-bond acceptors (Lipinski definition) is 4. The number of nitrogens with two attached hydrogens (primary N) is 1. The Balaban J connectivity index is 1.71. The van der Waals surface area contributed by atoms with Crippen molar-refractivity contribution in [3.8, 4) is 0 Å². The van der Waals surface area contributed by atoms with E-state index in [4.69, 9.17) is 5.73 Å². The zero-order valence-electron chi connectivity index (χ0n) is 9.06. The Kier molecular flexibility index (Phi) is 3.71. The van der Waals surface area contributed by atoms with Crippen molar-refractivity contribution in [1.29, 1.82) is 0 Å². The highest BCUT2D eigenvalue weighted by molar-refractivity contribution is 8.00. The van der Waals surface area contributed by atoms with E-state index in [9.17, 15) is 4.79 Å². The van der Waals surface area contributed by atoms with Gasteiger partial charge < -0.3 is 11.1 Å². The number of rotatable bonds is 4. The number of carbonyl (C=O) groups is 1. The van der Waals surface area contributed by atoms with Gasteiger partial charge in [0, 0.05) is 18.0 Å². The monoisotopic (exact) mass is 240 g/mol. The van der Waals surface area contributed by atoms with Crippen molar-refractivity contribution in [3.63, 3.8) is 0 Å². The van der Waals surface area contributed by atoms with E-state index >= 15 is 0 Å². The minimum Gasteiger partial charge on any atom is -0.382 e. The van der Waals surface area contributed by atoms with Gasteiger partial charge in [-0.15, -0.1) is 0 Å². The normalized spacial score (nSPS) is 19.9. The van der Waals surface area contributed by atoms with E-state index in [2.05, 4.69) is 10.4 Å². The molecule has 6 heteroatoms. The van der Waals surface area contributed by atoms with Crippen LogP contribution in [0.25, 0.3) is 0 Å². The third-order valence-electron chi connectivity index (χ3n) is 2.52. The Morgan fingerprint density at radius 3 is 3.25 bits per heavy atom. The van der Waals surface area contributed by atoms with E-state index in [1.807, 2.05) is 11.8 Å². The third-order valence-corrected chi connectivity index (χ3v) is 3.92. The summed E-state index contributed by atoms with van der Waals surface area (Å²) in [6.07, 6.45) is 4.18. The van der Waals surface area contributed by atoms with Gasteiger partial charge in [-0.2, -0.15) is 16.9 Å². The molecule has 1 aromatic heterocycles. The van der Waals surface area contributed by atoms with Crippen molar-refractivity contribution < 1.29 is 4.79 Å². The standard InChI is InChI=1S/C10H16N4OS/c11-9-3-4-14(13-9)7-10(15)12-6-8-2-1-5-16-8/h3-4,8H,1-2,5-7H2,(H2,11,13)(H,12,15). The maximum Gasteiger partial charge on any atom is 0.241 e. The summed E-state index contributed by atoms with van der Waals surface area (Å²) in [6, 6.07) is 1.68. The molecule has 0 spiro atoms. The van der Waals surface area contributed by atoms with Gasteiger partial charge in [-0.05, 0) is 24.7 Å². The number of nitrogens with one attached hydrogen (secondary N) is 1. The van der Waals surface area contributed by atoms with E-state index in [0.717, 1.165) is 6.54 Å². The van der Waals surface area contributed by atoms with Crippen LogP contribution >= 0.6 is 11.8 Å². The summed E-state index contributed by atoms with van der Waals surface area (Å²) < 4.78 is 1.55. The lowest BCUT2D eigenvalue weighted by Gasteiger charge is -2.09. The number of anilines is 1. The average Bonchev–Trinajstić information content (AvgIpc) is 2.87. The van der Waals surface area contributed by atoms with Crippen LogP contribution in [0.5, 0.6) is 0 Å². The molecule has 1 fully saturated rings. The van der Waals surface area contributed by atoms with Crippen LogP contribution in [0.4, 0.5) is 5.82 Å².